The minimum absolute atomic E-state index is 0.0734. The van der Waals surface area contributed by atoms with Crippen LogP contribution in [0.5, 0.6) is 0 Å². The number of amides is 2. The summed E-state index contributed by atoms with van der Waals surface area (Å²) in [6, 6.07) is 11.5. The predicted molar refractivity (Wildman–Crippen MR) is 161 cm³/mol. The number of carbonyl (C=O) groups is 2. The quantitative estimate of drug-likeness (QED) is 0.304. The number of anilines is 1. The Balaban J connectivity index is 1.21. The molecule has 4 rings (SSSR count). The Kier molecular flexibility index (Phi) is 10.6. The molecule has 0 spiro atoms. The number of likely N-dealkylation sites (tertiary alicyclic amines) is 2. The Bertz CT molecular complexity index is 1200. The SMILES string of the molecule is CO/N=C(/CC1CCN(C(=O)C2CCN(Cc3ccnc(NC(=O)OC(C)(C)C)c3)CC2)CC1)c1ccc(Cl)cc1. The molecule has 3 heterocycles. The first-order valence-electron chi connectivity index (χ1n) is 14.4. The lowest BCUT2D eigenvalue weighted by Crippen LogP contribution is -2.45. The summed E-state index contributed by atoms with van der Waals surface area (Å²) in [4.78, 5) is 39.2. The number of halogens is 1. The maximum Gasteiger partial charge on any atom is 0.413 e. The Morgan fingerprint density at radius 1 is 1.05 bits per heavy atom. The van der Waals surface area contributed by atoms with Gasteiger partial charge in [-0.3, -0.25) is 15.0 Å². The summed E-state index contributed by atoms with van der Waals surface area (Å²) in [6.07, 6.45) is 5.63. The summed E-state index contributed by atoms with van der Waals surface area (Å²) >= 11 is 6.05. The Morgan fingerprint density at radius 2 is 1.73 bits per heavy atom. The fourth-order valence-corrected chi connectivity index (χ4v) is 5.62. The molecule has 0 atom stereocenters. The zero-order valence-electron chi connectivity index (χ0n) is 24.6. The summed E-state index contributed by atoms with van der Waals surface area (Å²) in [5.74, 6) is 1.29. The standard InChI is InChI=1S/C31H42ClN5O4/c1-31(2,3)41-30(39)34-28-20-23(9-14-33-28)21-36-15-12-25(13-16-36)29(38)37-17-10-22(11-18-37)19-27(35-40-4)24-5-7-26(32)8-6-24/h5-9,14,20,22,25H,10-13,15-19,21H2,1-4H3,(H,33,34,39)/b35-27-. The van der Waals surface area contributed by atoms with Gasteiger partial charge in [0.2, 0.25) is 5.91 Å². The fraction of sp³-hybridized carbons (Fsp3) is 0.548. The molecule has 1 aromatic heterocycles. The Labute approximate surface area is 248 Å². The zero-order chi connectivity index (χ0) is 29.4. The molecule has 0 bridgehead atoms. The maximum atomic E-state index is 13.3. The highest BCUT2D eigenvalue weighted by Gasteiger charge is 2.31. The molecule has 2 amide bonds. The topological polar surface area (TPSA) is 96.4 Å². The fourth-order valence-electron chi connectivity index (χ4n) is 5.49. The number of rotatable bonds is 8. The molecule has 41 heavy (non-hydrogen) atoms. The number of oxime groups is 1. The number of pyridine rings is 1. The van der Waals surface area contributed by atoms with Crippen molar-refractivity contribution < 1.29 is 19.2 Å². The molecule has 2 fully saturated rings. The van der Waals surface area contributed by atoms with E-state index in [-0.39, 0.29) is 5.92 Å². The molecule has 2 saturated heterocycles. The third-order valence-electron chi connectivity index (χ3n) is 7.58. The van der Waals surface area contributed by atoms with Crippen LogP contribution in [0.3, 0.4) is 0 Å². The van der Waals surface area contributed by atoms with Crippen LogP contribution in [0.15, 0.2) is 47.8 Å². The number of aromatic nitrogens is 1. The molecular formula is C31H42ClN5O4. The monoisotopic (exact) mass is 583 g/mol. The van der Waals surface area contributed by atoms with Crippen LogP contribution in [0.1, 0.15) is 64.0 Å². The molecular weight excluding hydrogens is 542 g/mol. The largest absolute Gasteiger partial charge is 0.444 e. The molecule has 2 aromatic rings. The van der Waals surface area contributed by atoms with Crippen LogP contribution >= 0.6 is 11.6 Å². The van der Waals surface area contributed by atoms with Crippen LogP contribution in [-0.4, -0.2) is 71.4 Å². The number of nitrogens with zero attached hydrogens (tertiary/aromatic N) is 4. The van der Waals surface area contributed by atoms with Crippen molar-refractivity contribution in [1.29, 1.82) is 0 Å². The van der Waals surface area contributed by atoms with Gasteiger partial charge in [0.1, 0.15) is 18.5 Å². The van der Waals surface area contributed by atoms with Crippen LogP contribution in [-0.2, 0) is 20.9 Å². The predicted octanol–water partition coefficient (Wildman–Crippen LogP) is 5.97. The van der Waals surface area contributed by atoms with Gasteiger partial charge in [0.25, 0.3) is 0 Å². The molecule has 1 aromatic carbocycles. The van der Waals surface area contributed by atoms with Crippen LogP contribution < -0.4 is 5.32 Å². The normalized spacial score (nSPS) is 17.8. The average Bonchev–Trinajstić information content (AvgIpc) is 2.93. The summed E-state index contributed by atoms with van der Waals surface area (Å²) in [5.41, 5.74) is 2.43. The van der Waals surface area contributed by atoms with Crippen molar-refractivity contribution in [3.05, 3.63) is 58.7 Å². The van der Waals surface area contributed by atoms with Gasteiger partial charge in [-0.2, -0.15) is 0 Å². The maximum absolute atomic E-state index is 13.3. The van der Waals surface area contributed by atoms with E-state index >= 15 is 0 Å². The number of carbonyl (C=O) groups excluding carboxylic acids is 2. The van der Waals surface area contributed by atoms with Crippen LogP contribution in [0, 0.1) is 11.8 Å². The number of benzene rings is 1. The lowest BCUT2D eigenvalue weighted by atomic mass is 9.88. The minimum atomic E-state index is -0.570. The lowest BCUT2D eigenvalue weighted by molar-refractivity contribution is -0.138. The van der Waals surface area contributed by atoms with Crippen LogP contribution in [0.4, 0.5) is 10.6 Å². The van der Waals surface area contributed by atoms with Gasteiger partial charge in [-0.25, -0.2) is 9.78 Å². The summed E-state index contributed by atoms with van der Waals surface area (Å²) in [6.45, 7) is 9.52. The average molecular weight is 584 g/mol. The number of ether oxygens (including phenoxy) is 1. The second-order valence-electron chi connectivity index (χ2n) is 11.9. The molecule has 9 nitrogen and oxygen atoms in total. The van der Waals surface area contributed by atoms with E-state index in [1.807, 2.05) is 57.2 Å². The van der Waals surface area contributed by atoms with E-state index in [1.54, 1.807) is 13.3 Å². The number of nitrogens with one attached hydrogen (secondary N) is 1. The van der Waals surface area contributed by atoms with E-state index in [9.17, 15) is 9.59 Å². The van der Waals surface area contributed by atoms with E-state index in [0.717, 1.165) is 81.7 Å². The highest BCUT2D eigenvalue weighted by atomic mass is 35.5. The van der Waals surface area contributed by atoms with Crippen molar-refractivity contribution in [2.75, 3.05) is 38.6 Å². The van der Waals surface area contributed by atoms with E-state index < -0.39 is 11.7 Å². The van der Waals surface area contributed by atoms with Gasteiger partial charge in [-0.05, 0) is 107 Å². The van der Waals surface area contributed by atoms with Crippen molar-refractivity contribution in [2.45, 2.75) is 65.0 Å². The van der Waals surface area contributed by atoms with Gasteiger partial charge >= 0.3 is 6.09 Å². The van der Waals surface area contributed by atoms with Crippen LogP contribution in [0.25, 0.3) is 0 Å². The molecule has 0 radical (unpaired) electrons. The van der Waals surface area contributed by atoms with Gasteiger partial charge in [0.05, 0.1) is 5.71 Å². The highest BCUT2D eigenvalue weighted by molar-refractivity contribution is 6.30. The number of hydrogen-bond acceptors (Lipinski definition) is 7. The second kappa shape index (κ2) is 14.1. The van der Waals surface area contributed by atoms with E-state index in [1.165, 1.54) is 0 Å². The molecule has 222 valence electrons. The third-order valence-corrected chi connectivity index (χ3v) is 7.84. The van der Waals surface area contributed by atoms with Gasteiger partial charge in [0, 0.05) is 36.8 Å². The molecule has 0 saturated carbocycles. The van der Waals surface area contributed by atoms with E-state index in [0.29, 0.717) is 22.7 Å². The first kappa shape index (κ1) is 30.8. The van der Waals surface area contributed by atoms with Crippen molar-refractivity contribution in [3.8, 4) is 0 Å². The molecule has 0 unspecified atom stereocenters. The smallest absolute Gasteiger partial charge is 0.413 e. The second-order valence-corrected chi connectivity index (χ2v) is 12.4. The molecule has 1 N–H and O–H groups in total. The van der Waals surface area contributed by atoms with E-state index in [2.05, 4.69) is 25.3 Å². The first-order valence-corrected chi connectivity index (χ1v) is 14.8. The van der Waals surface area contributed by atoms with Crippen molar-refractivity contribution >= 4 is 35.1 Å². The van der Waals surface area contributed by atoms with Gasteiger partial charge < -0.3 is 14.5 Å². The van der Waals surface area contributed by atoms with Crippen LogP contribution in [0.2, 0.25) is 5.02 Å². The Hall–Kier alpha value is -3.17. The summed E-state index contributed by atoms with van der Waals surface area (Å²) in [5, 5.41) is 7.68. The summed E-state index contributed by atoms with van der Waals surface area (Å²) < 4.78 is 5.32. The Morgan fingerprint density at radius 3 is 2.37 bits per heavy atom. The number of piperidine rings is 2. The zero-order valence-corrected chi connectivity index (χ0v) is 25.3. The van der Waals surface area contributed by atoms with Crippen molar-refractivity contribution in [2.24, 2.45) is 17.0 Å². The lowest BCUT2D eigenvalue weighted by Gasteiger charge is -2.37. The van der Waals surface area contributed by atoms with Gasteiger partial charge in [0.15, 0.2) is 0 Å². The van der Waals surface area contributed by atoms with Gasteiger partial charge in [-0.1, -0.05) is 28.9 Å². The van der Waals surface area contributed by atoms with E-state index in [4.69, 9.17) is 21.2 Å². The third kappa shape index (κ3) is 9.43. The summed E-state index contributed by atoms with van der Waals surface area (Å²) in [7, 11) is 1.57. The minimum Gasteiger partial charge on any atom is -0.444 e. The molecule has 2 aliphatic heterocycles. The van der Waals surface area contributed by atoms with Crippen molar-refractivity contribution in [3.63, 3.8) is 0 Å². The van der Waals surface area contributed by atoms with Crippen molar-refractivity contribution in [1.82, 2.24) is 14.8 Å². The molecule has 2 aliphatic rings. The first-order chi connectivity index (χ1) is 19.6. The number of hydrogen-bond donors (Lipinski definition) is 1. The van der Waals surface area contributed by atoms with Gasteiger partial charge in [-0.15, -0.1) is 0 Å². The molecule has 0 aliphatic carbocycles. The molecule has 10 heteroatoms. The highest BCUT2D eigenvalue weighted by Crippen LogP contribution is 2.27.